The molecule has 4 aromatic heterocycles. The minimum absolute atomic E-state index is 0.638. The van der Waals surface area contributed by atoms with Gasteiger partial charge in [0.25, 0.3) is 0 Å². The molecule has 0 atom stereocenters. The number of para-hydroxylation sites is 2. The van der Waals surface area contributed by atoms with Gasteiger partial charge in [0.1, 0.15) is 0 Å². The van der Waals surface area contributed by atoms with Gasteiger partial charge in [-0.05, 0) is 51.2 Å². The summed E-state index contributed by atoms with van der Waals surface area (Å²) in [5.41, 5.74) is 4.65. The maximum atomic E-state index is 4.84. The van der Waals surface area contributed by atoms with E-state index in [1.807, 2.05) is 72.8 Å². The molecule has 150 valence electrons. The molecule has 0 fully saturated rings. The molecular weight excluding hydrogens is 404 g/mol. The van der Waals surface area contributed by atoms with Crippen molar-refractivity contribution < 1.29 is 0 Å². The molecule has 32 heavy (non-hydrogen) atoms. The average molecular weight is 416 g/mol. The minimum atomic E-state index is 0.638. The Hall–Kier alpha value is -4.86. The van der Waals surface area contributed by atoms with Gasteiger partial charge in [0.05, 0.1) is 11.0 Å². The van der Waals surface area contributed by atoms with Crippen LogP contribution in [0.15, 0.2) is 72.8 Å². The van der Waals surface area contributed by atoms with Crippen molar-refractivity contribution in [3.05, 3.63) is 72.8 Å². The Labute approximate surface area is 179 Å². The van der Waals surface area contributed by atoms with E-state index in [9.17, 15) is 0 Å². The Balaban J connectivity index is 1.49. The second-order valence-corrected chi connectivity index (χ2v) is 7.31. The molecule has 0 N–H and O–H groups in total. The largest absolute Gasteiger partial charge is 0.228 e. The molecule has 3 aromatic carbocycles. The summed E-state index contributed by atoms with van der Waals surface area (Å²) in [5.74, 6) is 1.28. The molecule has 0 radical (unpaired) electrons. The number of fused-ring (bicyclic) bond motifs is 6. The third-order valence-electron chi connectivity index (χ3n) is 5.46. The van der Waals surface area contributed by atoms with Gasteiger partial charge in [-0.15, -0.1) is 10.2 Å². The first-order valence-corrected chi connectivity index (χ1v) is 9.91. The highest BCUT2D eigenvalue weighted by molar-refractivity contribution is 5.94. The maximum Gasteiger partial charge on any atom is 0.191 e. The lowest BCUT2D eigenvalue weighted by molar-refractivity contribution is 0.817. The topological polar surface area (TPSA) is 112 Å². The Kier molecular flexibility index (Phi) is 3.33. The standard InChI is InChI=1S/C22H12N10/c1-3-10-17-15(8-1)21-25-27-29-31(21)19(23-17)13-6-5-7-14(12-13)20-24-18-11-4-2-9-16(18)22-26-28-30-32(20)22/h1-12H. The van der Waals surface area contributed by atoms with E-state index < -0.39 is 0 Å². The lowest BCUT2D eigenvalue weighted by Gasteiger charge is -2.09. The van der Waals surface area contributed by atoms with E-state index in [1.54, 1.807) is 9.03 Å². The van der Waals surface area contributed by atoms with E-state index in [-0.39, 0.29) is 0 Å². The van der Waals surface area contributed by atoms with Crippen molar-refractivity contribution in [1.82, 2.24) is 50.0 Å². The zero-order valence-corrected chi connectivity index (χ0v) is 16.4. The summed E-state index contributed by atoms with van der Waals surface area (Å²) in [6, 6.07) is 23.5. The van der Waals surface area contributed by atoms with Crippen LogP contribution in [-0.2, 0) is 0 Å². The van der Waals surface area contributed by atoms with Gasteiger partial charge in [0, 0.05) is 21.9 Å². The monoisotopic (exact) mass is 416 g/mol. The van der Waals surface area contributed by atoms with Gasteiger partial charge in [-0.1, -0.05) is 42.5 Å². The smallest absolute Gasteiger partial charge is 0.191 e. The Morgan fingerprint density at radius 2 is 1.03 bits per heavy atom. The first-order chi connectivity index (χ1) is 15.9. The molecule has 0 bridgehead atoms. The summed E-state index contributed by atoms with van der Waals surface area (Å²) in [5, 5.41) is 26.3. The molecule has 10 heteroatoms. The quantitative estimate of drug-likeness (QED) is 0.423. The van der Waals surface area contributed by atoms with Gasteiger partial charge in [-0.2, -0.15) is 9.03 Å². The van der Waals surface area contributed by atoms with Crippen molar-refractivity contribution in [2.24, 2.45) is 0 Å². The molecule has 0 aliphatic rings. The normalized spacial score (nSPS) is 11.8. The molecule has 0 amide bonds. The summed E-state index contributed by atoms with van der Waals surface area (Å²) < 4.78 is 3.31. The Bertz CT molecular complexity index is 1670. The zero-order chi connectivity index (χ0) is 21.1. The summed E-state index contributed by atoms with van der Waals surface area (Å²) >= 11 is 0. The number of aromatic nitrogens is 10. The number of benzene rings is 3. The van der Waals surface area contributed by atoms with Crippen molar-refractivity contribution in [1.29, 1.82) is 0 Å². The van der Waals surface area contributed by atoms with Gasteiger partial charge >= 0.3 is 0 Å². The highest BCUT2D eigenvalue weighted by Gasteiger charge is 2.16. The van der Waals surface area contributed by atoms with Crippen LogP contribution in [0.2, 0.25) is 0 Å². The molecule has 0 spiro atoms. The van der Waals surface area contributed by atoms with Crippen LogP contribution >= 0.6 is 0 Å². The number of hydrogen-bond acceptors (Lipinski definition) is 8. The van der Waals surface area contributed by atoms with E-state index in [2.05, 4.69) is 31.1 Å². The SMILES string of the molecule is c1cc(-c2nc3ccccc3c3nnnn23)cc(-c2nc3ccccc3c3nnnn23)c1. The fourth-order valence-electron chi connectivity index (χ4n) is 4.01. The van der Waals surface area contributed by atoms with Crippen LogP contribution in [0.4, 0.5) is 0 Å². The molecule has 0 saturated carbocycles. The fraction of sp³-hybridized carbons (Fsp3) is 0. The van der Waals surface area contributed by atoms with Gasteiger partial charge in [-0.25, -0.2) is 9.97 Å². The summed E-state index contributed by atoms with van der Waals surface area (Å²) in [6.45, 7) is 0. The van der Waals surface area contributed by atoms with E-state index in [4.69, 9.17) is 9.97 Å². The van der Waals surface area contributed by atoms with Gasteiger partial charge < -0.3 is 0 Å². The Morgan fingerprint density at radius 1 is 0.531 bits per heavy atom. The minimum Gasteiger partial charge on any atom is -0.228 e. The van der Waals surface area contributed by atoms with Crippen LogP contribution in [0, 0.1) is 0 Å². The Morgan fingerprint density at radius 3 is 1.56 bits per heavy atom. The third-order valence-corrected chi connectivity index (χ3v) is 5.46. The number of rotatable bonds is 2. The van der Waals surface area contributed by atoms with Crippen molar-refractivity contribution >= 4 is 33.1 Å². The van der Waals surface area contributed by atoms with Crippen molar-refractivity contribution in [2.45, 2.75) is 0 Å². The van der Waals surface area contributed by atoms with Crippen molar-refractivity contribution in [2.75, 3.05) is 0 Å². The second-order valence-electron chi connectivity index (χ2n) is 7.31. The molecule has 0 unspecified atom stereocenters. The third kappa shape index (κ3) is 2.34. The van der Waals surface area contributed by atoms with Crippen LogP contribution in [0.5, 0.6) is 0 Å². The molecule has 10 nitrogen and oxygen atoms in total. The number of tetrazole rings is 2. The fourth-order valence-corrected chi connectivity index (χ4v) is 4.01. The van der Waals surface area contributed by atoms with E-state index >= 15 is 0 Å². The first kappa shape index (κ1) is 16.9. The molecule has 7 rings (SSSR count). The van der Waals surface area contributed by atoms with Gasteiger partial charge in [0.15, 0.2) is 22.9 Å². The van der Waals surface area contributed by atoms with Crippen LogP contribution in [0.25, 0.3) is 55.9 Å². The molecular formula is C22H12N10. The average Bonchev–Trinajstić information content (AvgIpc) is 3.54. The van der Waals surface area contributed by atoms with Gasteiger partial charge in [0.2, 0.25) is 0 Å². The number of nitrogens with zero attached hydrogens (tertiary/aromatic N) is 10. The lowest BCUT2D eigenvalue weighted by Crippen LogP contribution is -2.01. The second kappa shape index (κ2) is 6.32. The summed E-state index contributed by atoms with van der Waals surface area (Å²) in [7, 11) is 0. The van der Waals surface area contributed by atoms with Crippen molar-refractivity contribution in [3.8, 4) is 22.8 Å². The number of hydrogen-bond donors (Lipinski definition) is 0. The first-order valence-electron chi connectivity index (χ1n) is 9.91. The highest BCUT2D eigenvalue weighted by Crippen LogP contribution is 2.28. The predicted molar refractivity (Wildman–Crippen MR) is 117 cm³/mol. The van der Waals surface area contributed by atoms with Crippen LogP contribution in [-0.4, -0.2) is 50.0 Å². The predicted octanol–water partition coefficient (Wildman–Crippen LogP) is 2.99. The summed E-state index contributed by atoms with van der Waals surface area (Å²) in [4.78, 5) is 9.67. The van der Waals surface area contributed by atoms with Crippen LogP contribution in [0.1, 0.15) is 0 Å². The van der Waals surface area contributed by atoms with E-state index in [0.717, 1.165) is 32.9 Å². The maximum absolute atomic E-state index is 4.84. The molecule has 4 heterocycles. The van der Waals surface area contributed by atoms with Gasteiger partial charge in [-0.3, -0.25) is 0 Å². The van der Waals surface area contributed by atoms with E-state index in [0.29, 0.717) is 22.9 Å². The van der Waals surface area contributed by atoms with Crippen LogP contribution in [0.3, 0.4) is 0 Å². The summed E-state index contributed by atoms with van der Waals surface area (Å²) in [6.07, 6.45) is 0. The highest BCUT2D eigenvalue weighted by atomic mass is 15.5. The molecule has 0 saturated heterocycles. The van der Waals surface area contributed by atoms with Crippen molar-refractivity contribution in [3.63, 3.8) is 0 Å². The lowest BCUT2D eigenvalue weighted by atomic mass is 10.1. The van der Waals surface area contributed by atoms with E-state index in [1.165, 1.54) is 0 Å². The molecule has 0 aliphatic carbocycles. The zero-order valence-electron chi connectivity index (χ0n) is 16.4. The molecule has 0 aliphatic heterocycles. The van der Waals surface area contributed by atoms with Crippen LogP contribution < -0.4 is 0 Å². The molecule has 7 aromatic rings.